The lowest BCUT2D eigenvalue weighted by Gasteiger charge is -2.35. The fourth-order valence-electron chi connectivity index (χ4n) is 2.92. The summed E-state index contributed by atoms with van der Waals surface area (Å²) < 4.78 is 2.08. The van der Waals surface area contributed by atoms with E-state index in [-0.39, 0.29) is 12.1 Å². The maximum atomic E-state index is 12.8. The number of urea groups is 1. The van der Waals surface area contributed by atoms with Crippen molar-refractivity contribution in [3.8, 4) is 0 Å². The van der Waals surface area contributed by atoms with Gasteiger partial charge in [0.25, 0.3) is 0 Å². The Labute approximate surface area is 119 Å². The molecule has 0 saturated carbocycles. The summed E-state index contributed by atoms with van der Waals surface area (Å²) in [5.41, 5.74) is 0.857. The molecule has 6 heteroatoms. The van der Waals surface area contributed by atoms with E-state index < -0.39 is 0 Å². The Bertz CT molecular complexity index is 562. The normalized spacial score (nSPS) is 21.1. The number of carbonyl (C=O) groups excluding carboxylic acids is 1. The minimum Gasteiger partial charge on any atom is -0.316 e. The van der Waals surface area contributed by atoms with E-state index >= 15 is 0 Å². The first kappa shape index (κ1) is 13.1. The maximum absolute atomic E-state index is 12.8. The molecule has 108 valence electrons. The summed E-state index contributed by atoms with van der Waals surface area (Å²) in [4.78, 5) is 25.4. The van der Waals surface area contributed by atoms with Crippen LogP contribution in [0.2, 0.25) is 0 Å². The van der Waals surface area contributed by atoms with Gasteiger partial charge in [0.15, 0.2) is 5.84 Å². The Balaban J connectivity index is 2.11. The van der Waals surface area contributed by atoms with E-state index in [1.165, 1.54) is 0 Å². The zero-order valence-corrected chi connectivity index (χ0v) is 12.3. The van der Waals surface area contributed by atoms with Crippen LogP contribution in [0.5, 0.6) is 0 Å². The Morgan fingerprint density at radius 3 is 2.75 bits per heavy atom. The lowest BCUT2D eigenvalue weighted by Crippen LogP contribution is -2.53. The number of amidine groups is 1. The number of imidazole rings is 1. The number of hydrogen-bond acceptors (Lipinski definition) is 3. The largest absolute Gasteiger partial charge is 0.331 e. The summed E-state index contributed by atoms with van der Waals surface area (Å²) >= 11 is 0. The van der Waals surface area contributed by atoms with Gasteiger partial charge in [-0.25, -0.2) is 9.78 Å². The van der Waals surface area contributed by atoms with Crippen molar-refractivity contribution < 1.29 is 4.79 Å². The molecular weight excluding hydrogens is 254 g/mol. The third kappa shape index (κ3) is 1.74. The monoisotopic (exact) mass is 275 g/mol. The van der Waals surface area contributed by atoms with Crippen molar-refractivity contribution in [2.75, 3.05) is 18.0 Å². The van der Waals surface area contributed by atoms with Crippen LogP contribution >= 0.6 is 0 Å². The number of nitrogens with zero attached hydrogens (tertiary/aromatic N) is 5. The molecule has 1 aromatic rings. The molecule has 0 spiro atoms. The number of amides is 2. The average Bonchev–Trinajstić information content (AvgIpc) is 3.00. The van der Waals surface area contributed by atoms with Crippen molar-refractivity contribution in [1.29, 1.82) is 0 Å². The van der Waals surface area contributed by atoms with Crippen molar-refractivity contribution in [2.24, 2.45) is 4.99 Å². The highest BCUT2D eigenvalue weighted by atomic mass is 16.2. The number of carbonyl (C=O) groups is 1. The number of aromatic nitrogens is 2. The molecule has 0 aliphatic carbocycles. The van der Waals surface area contributed by atoms with Crippen molar-refractivity contribution in [3.05, 3.63) is 12.0 Å². The predicted molar refractivity (Wildman–Crippen MR) is 78.3 cm³/mol. The molecule has 2 aliphatic heterocycles. The van der Waals surface area contributed by atoms with Gasteiger partial charge in [-0.2, -0.15) is 0 Å². The number of hydrogen-bond donors (Lipinski definition) is 0. The molecule has 0 radical (unpaired) electrons. The first-order chi connectivity index (χ1) is 9.69. The second-order valence-corrected chi connectivity index (χ2v) is 5.43. The van der Waals surface area contributed by atoms with Gasteiger partial charge in [0.2, 0.25) is 0 Å². The molecule has 1 aromatic heterocycles. The molecule has 0 bridgehead atoms. The van der Waals surface area contributed by atoms with E-state index in [0.29, 0.717) is 6.54 Å². The highest BCUT2D eigenvalue weighted by molar-refractivity contribution is 6.18. The van der Waals surface area contributed by atoms with E-state index in [1.54, 1.807) is 4.90 Å². The van der Waals surface area contributed by atoms with Crippen LogP contribution in [-0.4, -0.2) is 45.4 Å². The van der Waals surface area contributed by atoms with Crippen LogP contribution in [0.4, 0.5) is 10.6 Å². The number of rotatable bonds is 4. The molecule has 3 heterocycles. The lowest BCUT2D eigenvalue weighted by molar-refractivity contribution is 0.220. The standard InChI is InChI=1S/C14H21N5O/c1-4-6-17-9-16-11-12-15-8-10(3)19(12)14(20)18(7-5-2)13(11)17/h9-10H,4-8H2,1-3H3/t10-/m1/s1. The highest BCUT2D eigenvalue weighted by Crippen LogP contribution is 2.32. The van der Waals surface area contributed by atoms with Crippen LogP contribution < -0.4 is 4.90 Å². The Kier molecular flexibility index (Phi) is 3.23. The van der Waals surface area contributed by atoms with Crippen LogP contribution in [0.25, 0.3) is 0 Å². The number of fused-ring (bicyclic) bond motifs is 3. The van der Waals surface area contributed by atoms with Gasteiger partial charge in [0, 0.05) is 13.1 Å². The van der Waals surface area contributed by atoms with Crippen LogP contribution in [0, 0.1) is 0 Å². The molecule has 2 amide bonds. The van der Waals surface area contributed by atoms with Gasteiger partial charge >= 0.3 is 6.03 Å². The number of aryl methyl sites for hydroxylation is 1. The van der Waals surface area contributed by atoms with Crippen molar-refractivity contribution in [3.63, 3.8) is 0 Å². The quantitative estimate of drug-likeness (QED) is 0.845. The number of aliphatic imine (C=N–C) groups is 1. The summed E-state index contributed by atoms with van der Waals surface area (Å²) in [7, 11) is 0. The predicted octanol–water partition coefficient (Wildman–Crippen LogP) is 2.09. The first-order valence-corrected chi connectivity index (χ1v) is 7.39. The SMILES string of the molecule is CCCN1C(=O)N2C(=NC[C@H]2C)c2ncn(CCC)c21. The van der Waals surface area contributed by atoms with E-state index in [4.69, 9.17) is 0 Å². The molecule has 2 aliphatic rings. The fraction of sp³-hybridized carbons (Fsp3) is 0.643. The van der Waals surface area contributed by atoms with Crippen molar-refractivity contribution in [2.45, 2.75) is 46.2 Å². The fourth-order valence-corrected chi connectivity index (χ4v) is 2.92. The highest BCUT2D eigenvalue weighted by Gasteiger charge is 2.42. The van der Waals surface area contributed by atoms with E-state index in [2.05, 4.69) is 28.4 Å². The molecule has 0 fully saturated rings. The van der Waals surface area contributed by atoms with Crippen LogP contribution in [0.3, 0.4) is 0 Å². The van der Waals surface area contributed by atoms with Crippen LogP contribution in [-0.2, 0) is 6.54 Å². The zero-order valence-electron chi connectivity index (χ0n) is 12.3. The Morgan fingerprint density at radius 1 is 1.30 bits per heavy atom. The molecule has 0 aromatic carbocycles. The first-order valence-electron chi connectivity index (χ1n) is 7.39. The maximum Gasteiger partial charge on any atom is 0.331 e. The third-order valence-corrected chi connectivity index (χ3v) is 3.80. The second-order valence-electron chi connectivity index (χ2n) is 5.43. The molecule has 1 atom stereocenters. The Morgan fingerprint density at radius 2 is 2.05 bits per heavy atom. The lowest BCUT2D eigenvalue weighted by atomic mass is 10.2. The minimum absolute atomic E-state index is 0.0425. The molecule has 20 heavy (non-hydrogen) atoms. The molecule has 6 nitrogen and oxygen atoms in total. The van der Waals surface area contributed by atoms with Crippen LogP contribution in [0.15, 0.2) is 11.3 Å². The smallest absolute Gasteiger partial charge is 0.316 e. The van der Waals surface area contributed by atoms with Crippen molar-refractivity contribution in [1.82, 2.24) is 14.5 Å². The van der Waals surface area contributed by atoms with E-state index in [0.717, 1.165) is 43.3 Å². The van der Waals surface area contributed by atoms with Gasteiger partial charge < -0.3 is 4.57 Å². The third-order valence-electron chi connectivity index (χ3n) is 3.80. The molecule has 0 N–H and O–H groups in total. The van der Waals surface area contributed by atoms with Gasteiger partial charge in [0.05, 0.1) is 18.9 Å². The Hall–Kier alpha value is -1.85. The topological polar surface area (TPSA) is 53.7 Å². The molecular formula is C14H21N5O. The second kappa shape index (κ2) is 4.92. The zero-order chi connectivity index (χ0) is 14.3. The van der Waals surface area contributed by atoms with Gasteiger partial charge in [-0.1, -0.05) is 13.8 Å². The summed E-state index contributed by atoms with van der Waals surface area (Å²) in [6, 6.07) is 0.169. The summed E-state index contributed by atoms with van der Waals surface area (Å²) in [6.07, 6.45) is 3.78. The minimum atomic E-state index is 0.0425. The van der Waals surface area contributed by atoms with Gasteiger partial charge in [-0.3, -0.25) is 14.8 Å². The average molecular weight is 275 g/mol. The molecule has 3 rings (SSSR count). The van der Waals surface area contributed by atoms with E-state index in [9.17, 15) is 4.79 Å². The van der Waals surface area contributed by atoms with Crippen LogP contribution in [0.1, 0.15) is 39.3 Å². The summed E-state index contributed by atoms with van der Waals surface area (Å²) in [5, 5.41) is 0. The number of anilines is 1. The van der Waals surface area contributed by atoms with Gasteiger partial charge in [0.1, 0.15) is 11.5 Å². The molecule has 0 unspecified atom stereocenters. The van der Waals surface area contributed by atoms with Gasteiger partial charge in [-0.05, 0) is 19.8 Å². The summed E-state index contributed by atoms with van der Waals surface area (Å²) in [6.45, 7) is 8.51. The molecule has 0 saturated heterocycles. The van der Waals surface area contributed by atoms with Crippen molar-refractivity contribution >= 4 is 17.7 Å². The van der Waals surface area contributed by atoms with Gasteiger partial charge in [-0.15, -0.1) is 0 Å². The van der Waals surface area contributed by atoms with E-state index in [1.807, 2.05) is 18.2 Å². The summed E-state index contributed by atoms with van der Waals surface area (Å²) in [5.74, 6) is 1.67.